The highest BCUT2D eigenvalue weighted by atomic mass is 35.5. The van der Waals surface area contributed by atoms with E-state index in [-0.39, 0.29) is 59.5 Å². The second-order valence-electron chi connectivity index (χ2n) is 7.72. The molecule has 1 aliphatic heterocycles. The normalized spacial score (nSPS) is 14.3. The molecule has 0 atom stereocenters. The lowest BCUT2D eigenvalue weighted by Crippen LogP contribution is -2.40. The zero-order chi connectivity index (χ0) is 25.0. The molecule has 0 unspecified atom stereocenters. The van der Waals surface area contributed by atoms with Crippen LogP contribution in [0.15, 0.2) is 71.6 Å². The number of ether oxygens (including phenoxy) is 2. The Hall–Kier alpha value is -3.24. The number of hydrogen-bond acceptors (Lipinski definition) is 6. The molecule has 3 aromatic rings. The van der Waals surface area contributed by atoms with Gasteiger partial charge in [0.05, 0.1) is 26.0 Å². The quantitative estimate of drug-likeness (QED) is 0.480. The van der Waals surface area contributed by atoms with Gasteiger partial charge in [0.1, 0.15) is 10.6 Å². The third-order valence-electron chi connectivity index (χ3n) is 5.52. The van der Waals surface area contributed by atoms with Gasteiger partial charge in [0.15, 0.2) is 5.78 Å². The van der Waals surface area contributed by atoms with Gasteiger partial charge >= 0.3 is 0 Å². The first kappa shape index (κ1) is 24.9. The molecule has 0 spiro atoms. The second-order valence-corrected chi connectivity index (χ2v) is 10.1. The van der Waals surface area contributed by atoms with Gasteiger partial charge < -0.3 is 14.8 Å². The maximum atomic E-state index is 13.2. The molecule has 3 aromatic carbocycles. The number of halogens is 1. The molecule has 182 valence electrons. The van der Waals surface area contributed by atoms with Crippen LogP contribution in [0, 0.1) is 0 Å². The molecule has 1 amide bonds. The molecule has 0 bridgehead atoms. The molecular weight excluding hydrogens is 492 g/mol. The lowest BCUT2D eigenvalue weighted by molar-refractivity contribution is 0.0729. The van der Waals surface area contributed by atoms with E-state index >= 15 is 0 Å². The van der Waals surface area contributed by atoms with Crippen molar-refractivity contribution in [2.24, 2.45) is 0 Å². The summed E-state index contributed by atoms with van der Waals surface area (Å²) in [6.45, 7) is 0.988. The zero-order valence-electron chi connectivity index (χ0n) is 18.9. The fourth-order valence-electron chi connectivity index (χ4n) is 3.70. The van der Waals surface area contributed by atoms with Crippen LogP contribution in [0.4, 0.5) is 5.69 Å². The molecule has 1 aliphatic rings. The van der Waals surface area contributed by atoms with Gasteiger partial charge in [-0.05, 0) is 36.4 Å². The number of amides is 1. The van der Waals surface area contributed by atoms with Gasteiger partial charge in [-0.15, -0.1) is 0 Å². The van der Waals surface area contributed by atoms with Crippen molar-refractivity contribution in [3.05, 3.63) is 88.4 Å². The van der Waals surface area contributed by atoms with Crippen LogP contribution in [0.3, 0.4) is 0 Å². The van der Waals surface area contributed by atoms with Gasteiger partial charge in [0.2, 0.25) is 10.0 Å². The topological polar surface area (TPSA) is 102 Å². The van der Waals surface area contributed by atoms with Crippen molar-refractivity contribution in [2.75, 3.05) is 38.7 Å². The summed E-state index contributed by atoms with van der Waals surface area (Å²) in [6, 6.07) is 17.3. The number of sulfonamides is 1. The molecule has 4 rings (SSSR count). The average Bonchev–Trinajstić information content (AvgIpc) is 2.89. The van der Waals surface area contributed by atoms with E-state index in [1.807, 2.05) is 0 Å². The van der Waals surface area contributed by atoms with E-state index in [0.717, 1.165) is 0 Å². The van der Waals surface area contributed by atoms with Crippen molar-refractivity contribution >= 4 is 39.0 Å². The van der Waals surface area contributed by atoms with Crippen molar-refractivity contribution in [1.82, 2.24) is 4.31 Å². The third-order valence-corrected chi connectivity index (χ3v) is 7.68. The highest BCUT2D eigenvalue weighted by molar-refractivity contribution is 7.89. The minimum Gasteiger partial charge on any atom is -0.495 e. The Morgan fingerprint density at radius 2 is 1.69 bits per heavy atom. The molecule has 8 nitrogen and oxygen atoms in total. The molecule has 1 heterocycles. The number of carbonyl (C=O) groups is 2. The van der Waals surface area contributed by atoms with Gasteiger partial charge in [-0.25, -0.2) is 8.42 Å². The molecule has 0 saturated carbocycles. The summed E-state index contributed by atoms with van der Waals surface area (Å²) in [6.07, 6.45) is 0. The fraction of sp³-hybridized carbons (Fsp3) is 0.200. The van der Waals surface area contributed by atoms with Gasteiger partial charge in [0.25, 0.3) is 5.91 Å². The Bertz CT molecular complexity index is 1360. The lowest BCUT2D eigenvalue weighted by Gasteiger charge is -2.26. The van der Waals surface area contributed by atoms with E-state index < -0.39 is 15.9 Å². The molecule has 0 aromatic heterocycles. The van der Waals surface area contributed by atoms with Gasteiger partial charge in [-0.3, -0.25) is 9.59 Å². The van der Waals surface area contributed by atoms with Crippen molar-refractivity contribution in [3.63, 3.8) is 0 Å². The number of benzene rings is 3. The number of nitrogens with zero attached hydrogens (tertiary/aromatic N) is 1. The lowest BCUT2D eigenvalue weighted by atomic mass is 10.0. The summed E-state index contributed by atoms with van der Waals surface area (Å²) in [5.41, 5.74) is 0.993. The van der Waals surface area contributed by atoms with Gasteiger partial charge in [0, 0.05) is 34.8 Å². The predicted molar refractivity (Wildman–Crippen MR) is 132 cm³/mol. The molecule has 1 N–H and O–H groups in total. The second kappa shape index (κ2) is 10.6. The van der Waals surface area contributed by atoms with Crippen LogP contribution >= 0.6 is 11.6 Å². The molecule has 1 saturated heterocycles. The van der Waals surface area contributed by atoms with Crippen LogP contribution in [-0.4, -0.2) is 57.8 Å². The Kier molecular flexibility index (Phi) is 7.51. The first-order valence-electron chi connectivity index (χ1n) is 10.8. The first-order chi connectivity index (χ1) is 16.8. The van der Waals surface area contributed by atoms with Crippen LogP contribution in [0.2, 0.25) is 5.02 Å². The zero-order valence-corrected chi connectivity index (χ0v) is 20.4. The van der Waals surface area contributed by atoms with E-state index in [2.05, 4.69) is 5.32 Å². The van der Waals surface area contributed by atoms with E-state index in [9.17, 15) is 18.0 Å². The van der Waals surface area contributed by atoms with Crippen molar-refractivity contribution in [2.45, 2.75) is 4.90 Å². The number of nitrogens with one attached hydrogen (secondary N) is 1. The number of carbonyl (C=O) groups excluding carboxylic acids is 2. The van der Waals surface area contributed by atoms with Crippen molar-refractivity contribution in [3.8, 4) is 5.75 Å². The summed E-state index contributed by atoms with van der Waals surface area (Å²) in [7, 11) is -2.56. The third kappa shape index (κ3) is 5.38. The molecule has 35 heavy (non-hydrogen) atoms. The van der Waals surface area contributed by atoms with E-state index in [1.165, 1.54) is 41.7 Å². The van der Waals surface area contributed by atoms with Crippen LogP contribution in [0.5, 0.6) is 5.75 Å². The van der Waals surface area contributed by atoms with Crippen LogP contribution < -0.4 is 10.1 Å². The molecule has 10 heteroatoms. The minimum absolute atomic E-state index is 0.0886. The Balaban J connectivity index is 1.66. The monoisotopic (exact) mass is 514 g/mol. The summed E-state index contributed by atoms with van der Waals surface area (Å²) in [5.74, 6) is -0.774. The summed E-state index contributed by atoms with van der Waals surface area (Å²) >= 11 is 6.12. The Morgan fingerprint density at radius 3 is 2.37 bits per heavy atom. The van der Waals surface area contributed by atoms with E-state index in [1.54, 1.807) is 36.4 Å². The first-order valence-corrected chi connectivity index (χ1v) is 12.6. The van der Waals surface area contributed by atoms with E-state index in [0.29, 0.717) is 10.6 Å². The van der Waals surface area contributed by atoms with Crippen molar-refractivity contribution in [1.29, 1.82) is 0 Å². The number of morpholine rings is 1. The molecule has 0 radical (unpaired) electrons. The number of methoxy groups -OCH3 is 1. The molecular formula is C25H23ClN2O6S. The smallest absolute Gasteiger partial charge is 0.255 e. The van der Waals surface area contributed by atoms with Gasteiger partial charge in [-0.1, -0.05) is 41.9 Å². The standard InChI is InChI=1S/C25H23ClN2O6S/c1-33-22-10-7-18(15-23(22)35(31,32)28-11-13-34-14-12-28)25(30)27-21-9-8-19(26)16-20(21)24(29)17-5-3-2-4-6-17/h2-10,15-16H,11-14H2,1H3,(H,27,30). The largest absolute Gasteiger partial charge is 0.495 e. The highest BCUT2D eigenvalue weighted by Crippen LogP contribution is 2.30. The highest BCUT2D eigenvalue weighted by Gasteiger charge is 2.30. The molecule has 0 aliphatic carbocycles. The maximum absolute atomic E-state index is 13.2. The Morgan fingerprint density at radius 1 is 0.971 bits per heavy atom. The van der Waals surface area contributed by atoms with Crippen molar-refractivity contribution < 1.29 is 27.5 Å². The summed E-state index contributed by atoms with van der Waals surface area (Å²) in [4.78, 5) is 26.1. The summed E-state index contributed by atoms with van der Waals surface area (Å²) < 4.78 is 38.3. The SMILES string of the molecule is COc1ccc(C(=O)Nc2ccc(Cl)cc2C(=O)c2ccccc2)cc1S(=O)(=O)N1CCOCC1. The Labute approximate surface area is 208 Å². The fourth-order valence-corrected chi connectivity index (χ4v) is 5.46. The number of hydrogen-bond donors (Lipinski definition) is 1. The predicted octanol–water partition coefficient (Wildman–Crippen LogP) is 3.85. The van der Waals surface area contributed by atoms with Gasteiger partial charge in [-0.2, -0.15) is 4.31 Å². The molecule has 1 fully saturated rings. The number of ketones is 1. The maximum Gasteiger partial charge on any atom is 0.255 e. The van der Waals surface area contributed by atoms with Crippen LogP contribution in [0.1, 0.15) is 26.3 Å². The average molecular weight is 515 g/mol. The number of anilines is 1. The van der Waals surface area contributed by atoms with E-state index in [4.69, 9.17) is 21.1 Å². The van der Waals surface area contributed by atoms with Crippen LogP contribution in [0.25, 0.3) is 0 Å². The minimum atomic E-state index is -3.92. The van der Waals surface area contributed by atoms with Crippen LogP contribution in [-0.2, 0) is 14.8 Å². The summed E-state index contributed by atoms with van der Waals surface area (Å²) in [5, 5.41) is 3.05. The number of rotatable bonds is 7.